The molecule has 6 heteroatoms. The summed E-state index contributed by atoms with van der Waals surface area (Å²) in [5.41, 5.74) is 11.4. The zero-order chi connectivity index (χ0) is 18.5. The first-order valence-corrected chi connectivity index (χ1v) is 9.16. The summed E-state index contributed by atoms with van der Waals surface area (Å²) in [5, 5.41) is 7.15. The maximum Gasteiger partial charge on any atom is 0.127 e. The lowest BCUT2D eigenvalue weighted by Crippen LogP contribution is -2.40. The molecule has 3 atom stereocenters. The Morgan fingerprint density at radius 2 is 1.85 bits per heavy atom. The Morgan fingerprint density at radius 1 is 1.04 bits per heavy atom. The predicted molar refractivity (Wildman–Crippen MR) is 97.8 cm³/mol. The molecule has 1 unspecified atom stereocenters. The molecule has 0 spiro atoms. The molecule has 1 aromatic heterocycles. The third-order valence-corrected chi connectivity index (χ3v) is 5.89. The Morgan fingerprint density at radius 3 is 2.67 bits per heavy atom. The average molecular weight is 366 g/mol. The number of rotatable bonds is 2. The van der Waals surface area contributed by atoms with Crippen molar-refractivity contribution in [2.24, 2.45) is 5.73 Å². The minimum absolute atomic E-state index is 0.143. The molecular weight excluding hydrogens is 346 g/mol. The Balaban J connectivity index is 1.56. The second kappa shape index (κ2) is 6.25. The van der Waals surface area contributed by atoms with Gasteiger partial charge in [-0.3, -0.25) is 10.00 Å². The summed E-state index contributed by atoms with van der Waals surface area (Å²) in [4.78, 5) is 2.37. The van der Waals surface area contributed by atoms with E-state index in [2.05, 4.69) is 21.2 Å². The molecule has 3 N–H and O–H groups in total. The monoisotopic (exact) mass is 366 g/mol. The molecule has 0 saturated carbocycles. The first-order valence-electron chi connectivity index (χ1n) is 9.16. The van der Waals surface area contributed by atoms with Crippen molar-refractivity contribution in [1.29, 1.82) is 0 Å². The second-order valence-electron chi connectivity index (χ2n) is 7.47. The van der Waals surface area contributed by atoms with Gasteiger partial charge in [0, 0.05) is 36.7 Å². The van der Waals surface area contributed by atoms with Crippen LogP contribution in [0.4, 0.5) is 8.78 Å². The highest BCUT2D eigenvalue weighted by atomic mass is 19.1. The van der Waals surface area contributed by atoms with Gasteiger partial charge in [0.15, 0.2) is 0 Å². The van der Waals surface area contributed by atoms with Crippen LogP contribution in [0.25, 0.3) is 0 Å². The van der Waals surface area contributed by atoms with Gasteiger partial charge in [0.2, 0.25) is 0 Å². The van der Waals surface area contributed by atoms with Gasteiger partial charge >= 0.3 is 0 Å². The molecule has 0 amide bonds. The SMILES string of the molecule is N[C@H]1CC(N2Cc3cn[nH]c3C2)c2ccccc2[C@@H]1c1cc(F)ccc1F. The summed E-state index contributed by atoms with van der Waals surface area (Å²) in [6.07, 6.45) is 2.56. The molecule has 2 aromatic carbocycles. The van der Waals surface area contributed by atoms with E-state index >= 15 is 0 Å². The van der Waals surface area contributed by atoms with Crippen molar-refractivity contribution < 1.29 is 8.78 Å². The second-order valence-corrected chi connectivity index (χ2v) is 7.47. The van der Waals surface area contributed by atoms with E-state index in [0.717, 1.165) is 36.0 Å². The quantitative estimate of drug-likeness (QED) is 0.728. The van der Waals surface area contributed by atoms with Crippen LogP contribution >= 0.6 is 0 Å². The third-order valence-electron chi connectivity index (χ3n) is 5.89. The molecule has 0 bridgehead atoms. The van der Waals surface area contributed by atoms with E-state index in [4.69, 9.17) is 5.73 Å². The smallest absolute Gasteiger partial charge is 0.127 e. The molecule has 2 aliphatic rings. The van der Waals surface area contributed by atoms with E-state index in [1.807, 2.05) is 24.4 Å². The summed E-state index contributed by atoms with van der Waals surface area (Å²) in [5.74, 6) is -1.20. The average Bonchev–Trinajstić information content (AvgIpc) is 3.25. The number of H-pyrrole nitrogens is 1. The van der Waals surface area contributed by atoms with Crippen molar-refractivity contribution in [3.63, 3.8) is 0 Å². The molecule has 1 aliphatic heterocycles. The fraction of sp³-hybridized carbons (Fsp3) is 0.286. The van der Waals surface area contributed by atoms with Gasteiger partial charge in [0.1, 0.15) is 11.6 Å². The first-order chi connectivity index (χ1) is 13.1. The number of hydrogen-bond acceptors (Lipinski definition) is 3. The third kappa shape index (κ3) is 2.67. The van der Waals surface area contributed by atoms with E-state index in [0.29, 0.717) is 12.0 Å². The van der Waals surface area contributed by atoms with Crippen LogP contribution in [0.5, 0.6) is 0 Å². The number of aromatic nitrogens is 2. The van der Waals surface area contributed by atoms with Crippen molar-refractivity contribution in [2.75, 3.05) is 0 Å². The Bertz CT molecular complexity index is 979. The summed E-state index contributed by atoms with van der Waals surface area (Å²) in [6, 6.07) is 11.5. The summed E-state index contributed by atoms with van der Waals surface area (Å²) < 4.78 is 28.3. The van der Waals surface area contributed by atoms with Crippen LogP contribution in [0, 0.1) is 11.6 Å². The number of hydrogen-bond donors (Lipinski definition) is 2. The minimum atomic E-state index is -0.441. The summed E-state index contributed by atoms with van der Waals surface area (Å²) in [6.45, 7) is 1.61. The van der Waals surface area contributed by atoms with E-state index in [9.17, 15) is 8.78 Å². The van der Waals surface area contributed by atoms with E-state index in [1.54, 1.807) is 0 Å². The molecule has 0 fully saturated rings. The van der Waals surface area contributed by atoms with Gasteiger partial charge in [-0.25, -0.2) is 8.78 Å². The molecule has 4 nitrogen and oxygen atoms in total. The van der Waals surface area contributed by atoms with Crippen molar-refractivity contribution in [1.82, 2.24) is 15.1 Å². The highest BCUT2D eigenvalue weighted by molar-refractivity contribution is 5.44. The van der Waals surface area contributed by atoms with Crippen molar-refractivity contribution in [3.8, 4) is 0 Å². The van der Waals surface area contributed by atoms with E-state index in [-0.39, 0.29) is 18.0 Å². The van der Waals surface area contributed by atoms with Gasteiger partial charge in [-0.1, -0.05) is 24.3 Å². The fourth-order valence-corrected chi connectivity index (χ4v) is 4.66. The van der Waals surface area contributed by atoms with Gasteiger partial charge in [-0.15, -0.1) is 0 Å². The van der Waals surface area contributed by atoms with Gasteiger partial charge in [-0.2, -0.15) is 5.10 Å². The molecule has 1 aliphatic carbocycles. The number of aromatic amines is 1. The molecule has 3 aromatic rings. The number of nitrogens with one attached hydrogen (secondary N) is 1. The maximum absolute atomic E-state index is 14.5. The fourth-order valence-electron chi connectivity index (χ4n) is 4.66. The maximum atomic E-state index is 14.5. The van der Waals surface area contributed by atoms with E-state index in [1.165, 1.54) is 17.7 Å². The van der Waals surface area contributed by atoms with Crippen LogP contribution in [0.15, 0.2) is 48.7 Å². The predicted octanol–water partition coefficient (Wildman–Crippen LogP) is 3.61. The Labute approximate surface area is 156 Å². The standard InChI is InChI=1S/C21H20F2N4/c22-13-5-6-17(23)16(7-13)21-15-4-2-1-3-14(15)20(8-18(21)24)27-10-12-9-25-26-19(12)11-27/h1-7,9,18,20-21H,8,10-11,24H2,(H,25,26)/t18-,20?,21+/m0/s1. The van der Waals surface area contributed by atoms with Crippen LogP contribution in [-0.4, -0.2) is 21.1 Å². The van der Waals surface area contributed by atoms with Gasteiger partial charge in [-0.05, 0) is 41.3 Å². The Hall–Kier alpha value is -2.57. The normalized spacial score (nSPS) is 24.6. The minimum Gasteiger partial charge on any atom is -0.327 e. The lowest BCUT2D eigenvalue weighted by Gasteiger charge is -2.40. The number of nitrogens with zero attached hydrogens (tertiary/aromatic N) is 2. The molecule has 0 saturated heterocycles. The Kier molecular flexibility index (Phi) is 3.84. The van der Waals surface area contributed by atoms with Gasteiger partial charge in [0.25, 0.3) is 0 Å². The van der Waals surface area contributed by atoms with Crippen LogP contribution in [-0.2, 0) is 13.1 Å². The van der Waals surface area contributed by atoms with E-state index < -0.39 is 11.6 Å². The topological polar surface area (TPSA) is 57.9 Å². The zero-order valence-corrected chi connectivity index (χ0v) is 14.7. The van der Waals surface area contributed by atoms with Crippen LogP contribution in [0.1, 0.15) is 46.3 Å². The molecular formula is C21H20F2N4. The molecule has 2 heterocycles. The van der Waals surface area contributed by atoms with Crippen molar-refractivity contribution in [3.05, 3.63) is 88.2 Å². The molecule has 0 radical (unpaired) electrons. The number of benzene rings is 2. The van der Waals surface area contributed by atoms with Crippen LogP contribution < -0.4 is 5.73 Å². The number of fused-ring (bicyclic) bond motifs is 2. The zero-order valence-electron chi connectivity index (χ0n) is 14.7. The number of nitrogens with two attached hydrogens (primary N) is 1. The van der Waals surface area contributed by atoms with Crippen LogP contribution in [0.2, 0.25) is 0 Å². The van der Waals surface area contributed by atoms with Gasteiger partial charge in [0.05, 0.1) is 11.9 Å². The van der Waals surface area contributed by atoms with Crippen molar-refractivity contribution >= 4 is 0 Å². The highest BCUT2D eigenvalue weighted by Crippen LogP contribution is 2.45. The van der Waals surface area contributed by atoms with Crippen LogP contribution in [0.3, 0.4) is 0 Å². The molecule has 5 rings (SSSR count). The lowest BCUT2D eigenvalue weighted by atomic mass is 9.73. The summed E-state index contributed by atoms with van der Waals surface area (Å²) >= 11 is 0. The molecule has 138 valence electrons. The van der Waals surface area contributed by atoms with Crippen molar-refractivity contribution in [2.45, 2.75) is 37.5 Å². The largest absolute Gasteiger partial charge is 0.327 e. The lowest BCUT2D eigenvalue weighted by molar-refractivity contribution is 0.167. The first kappa shape index (κ1) is 16.6. The number of halogens is 2. The van der Waals surface area contributed by atoms with Gasteiger partial charge < -0.3 is 5.73 Å². The highest BCUT2D eigenvalue weighted by Gasteiger charge is 2.39. The molecule has 27 heavy (non-hydrogen) atoms. The summed E-state index contributed by atoms with van der Waals surface area (Å²) in [7, 11) is 0.